The molecule has 0 spiro atoms. The molecule has 21 heavy (non-hydrogen) atoms. The standard InChI is InChI=1S/C17H15ClFNS/c18-11-13(8-12-4-3-5-14(19)9-12)10-17-20-15-6-1-2-7-16(15)21-17/h1-7,9,13H,8,10-11H2. The van der Waals surface area contributed by atoms with E-state index in [1.165, 1.54) is 10.8 Å². The maximum Gasteiger partial charge on any atom is 0.123 e. The van der Waals surface area contributed by atoms with Gasteiger partial charge in [0.2, 0.25) is 0 Å². The SMILES string of the molecule is Fc1cccc(CC(CCl)Cc2nc3ccccc3s2)c1. The van der Waals surface area contributed by atoms with Gasteiger partial charge in [0, 0.05) is 12.3 Å². The summed E-state index contributed by atoms with van der Waals surface area (Å²) in [4.78, 5) is 4.65. The molecule has 0 aliphatic carbocycles. The van der Waals surface area contributed by atoms with E-state index in [2.05, 4.69) is 11.1 Å². The van der Waals surface area contributed by atoms with Crippen molar-refractivity contribution in [2.24, 2.45) is 5.92 Å². The smallest absolute Gasteiger partial charge is 0.123 e. The second kappa shape index (κ2) is 6.54. The van der Waals surface area contributed by atoms with E-state index in [9.17, 15) is 4.39 Å². The summed E-state index contributed by atoms with van der Waals surface area (Å²) in [7, 11) is 0. The number of rotatable bonds is 5. The number of thiazole rings is 1. The zero-order valence-corrected chi connectivity index (χ0v) is 13.0. The van der Waals surface area contributed by atoms with Gasteiger partial charge in [-0.3, -0.25) is 0 Å². The number of hydrogen-bond acceptors (Lipinski definition) is 2. The van der Waals surface area contributed by atoms with Gasteiger partial charge >= 0.3 is 0 Å². The second-order valence-corrected chi connectivity index (χ2v) is 6.56. The van der Waals surface area contributed by atoms with E-state index in [-0.39, 0.29) is 11.7 Å². The third-order valence-corrected chi connectivity index (χ3v) is 4.93. The van der Waals surface area contributed by atoms with E-state index in [0.29, 0.717) is 5.88 Å². The first kappa shape index (κ1) is 14.5. The average molecular weight is 320 g/mol. The largest absolute Gasteiger partial charge is 0.241 e. The fourth-order valence-corrected chi connectivity index (χ4v) is 3.73. The van der Waals surface area contributed by atoms with Crippen LogP contribution >= 0.6 is 22.9 Å². The Hall–Kier alpha value is -1.45. The summed E-state index contributed by atoms with van der Waals surface area (Å²) in [5.41, 5.74) is 2.03. The van der Waals surface area contributed by atoms with Crippen LogP contribution in [0.25, 0.3) is 10.2 Å². The molecule has 1 unspecified atom stereocenters. The Morgan fingerprint density at radius 2 is 1.95 bits per heavy atom. The Labute approximate surface area is 132 Å². The Bertz CT molecular complexity index is 707. The molecule has 0 saturated carbocycles. The summed E-state index contributed by atoms with van der Waals surface area (Å²) in [6.45, 7) is 0. The predicted octanol–water partition coefficient (Wildman–Crippen LogP) is 5.08. The van der Waals surface area contributed by atoms with E-state index in [0.717, 1.165) is 28.9 Å². The predicted molar refractivity (Wildman–Crippen MR) is 87.6 cm³/mol. The molecular formula is C17H15ClFNS. The lowest BCUT2D eigenvalue weighted by atomic mass is 9.98. The molecule has 0 aliphatic rings. The molecule has 0 fully saturated rings. The van der Waals surface area contributed by atoms with Crippen LogP contribution in [-0.4, -0.2) is 10.9 Å². The number of benzene rings is 2. The van der Waals surface area contributed by atoms with Crippen molar-refractivity contribution in [2.75, 3.05) is 5.88 Å². The lowest BCUT2D eigenvalue weighted by Gasteiger charge is -2.12. The summed E-state index contributed by atoms with van der Waals surface area (Å²) in [5, 5.41) is 1.10. The maximum absolute atomic E-state index is 13.2. The zero-order chi connectivity index (χ0) is 14.7. The average Bonchev–Trinajstić information content (AvgIpc) is 2.89. The first-order valence-corrected chi connectivity index (χ1v) is 8.24. The monoisotopic (exact) mass is 319 g/mol. The minimum absolute atomic E-state index is 0.194. The van der Waals surface area contributed by atoms with Gasteiger partial charge in [-0.05, 0) is 42.2 Å². The fraction of sp³-hybridized carbons (Fsp3) is 0.235. The quantitative estimate of drug-likeness (QED) is 0.598. The van der Waals surface area contributed by atoms with Gasteiger partial charge in [0.1, 0.15) is 5.82 Å². The lowest BCUT2D eigenvalue weighted by molar-refractivity contribution is 0.575. The normalized spacial score (nSPS) is 12.7. The van der Waals surface area contributed by atoms with E-state index in [1.54, 1.807) is 23.5 Å². The first-order chi connectivity index (χ1) is 10.2. The molecule has 0 N–H and O–H groups in total. The number of hydrogen-bond donors (Lipinski definition) is 0. The van der Waals surface area contributed by atoms with Gasteiger partial charge < -0.3 is 0 Å². The van der Waals surface area contributed by atoms with Crippen LogP contribution in [0.5, 0.6) is 0 Å². The molecule has 0 saturated heterocycles. The van der Waals surface area contributed by atoms with E-state index in [4.69, 9.17) is 11.6 Å². The van der Waals surface area contributed by atoms with Crippen molar-refractivity contribution in [3.8, 4) is 0 Å². The van der Waals surface area contributed by atoms with Crippen molar-refractivity contribution in [2.45, 2.75) is 12.8 Å². The molecule has 1 aromatic heterocycles. The molecule has 3 aromatic rings. The van der Waals surface area contributed by atoms with Crippen LogP contribution in [0.3, 0.4) is 0 Å². The molecule has 0 amide bonds. The van der Waals surface area contributed by atoms with Crippen LogP contribution in [0.15, 0.2) is 48.5 Å². The van der Waals surface area contributed by atoms with Crippen LogP contribution in [0.4, 0.5) is 4.39 Å². The summed E-state index contributed by atoms with van der Waals surface area (Å²) in [5.74, 6) is 0.627. The van der Waals surface area contributed by atoms with E-state index in [1.807, 2.05) is 24.3 Å². The molecule has 3 rings (SSSR count). The second-order valence-electron chi connectivity index (χ2n) is 5.13. The summed E-state index contributed by atoms with van der Waals surface area (Å²) >= 11 is 7.80. The highest BCUT2D eigenvalue weighted by atomic mass is 35.5. The van der Waals surface area contributed by atoms with Crippen LogP contribution in [0.1, 0.15) is 10.6 Å². The molecule has 2 aromatic carbocycles. The lowest BCUT2D eigenvalue weighted by Crippen LogP contribution is -2.10. The minimum atomic E-state index is -0.194. The van der Waals surface area contributed by atoms with Gasteiger partial charge in [0.05, 0.1) is 15.2 Å². The van der Waals surface area contributed by atoms with Gasteiger partial charge in [-0.15, -0.1) is 22.9 Å². The Morgan fingerprint density at radius 1 is 1.10 bits per heavy atom. The van der Waals surface area contributed by atoms with E-state index < -0.39 is 0 Å². The number of halogens is 2. The van der Waals surface area contributed by atoms with Gasteiger partial charge in [-0.2, -0.15) is 0 Å². The van der Waals surface area contributed by atoms with Crippen molar-refractivity contribution < 1.29 is 4.39 Å². The molecule has 0 radical (unpaired) electrons. The number of aromatic nitrogens is 1. The molecule has 0 bridgehead atoms. The Morgan fingerprint density at radius 3 is 2.71 bits per heavy atom. The number of para-hydroxylation sites is 1. The van der Waals surface area contributed by atoms with Gasteiger partial charge in [0.15, 0.2) is 0 Å². The molecular weight excluding hydrogens is 305 g/mol. The molecule has 108 valence electrons. The molecule has 1 atom stereocenters. The van der Waals surface area contributed by atoms with Crippen molar-refractivity contribution in [3.05, 3.63) is 64.9 Å². The Balaban J connectivity index is 1.74. The summed E-state index contributed by atoms with van der Waals surface area (Å²) < 4.78 is 14.4. The zero-order valence-electron chi connectivity index (χ0n) is 11.4. The molecule has 0 aliphatic heterocycles. The van der Waals surface area contributed by atoms with Crippen LogP contribution in [0, 0.1) is 11.7 Å². The van der Waals surface area contributed by atoms with Crippen LogP contribution in [0.2, 0.25) is 0 Å². The van der Waals surface area contributed by atoms with E-state index >= 15 is 0 Å². The third kappa shape index (κ3) is 3.60. The highest BCUT2D eigenvalue weighted by Crippen LogP contribution is 2.25. The van der Waals surface area contributed by atoms with Crippen molar-refractivity contribution in [1.82, 2.24) is 4.98 Å². The van der Waals surface area contributed by atoms with Crippen molar-refractivity contribution >= 4 is 33.2 Å². The minimum Gasteiger partial charge on any atom is -0.241 e. The van der Waals surface area contributed by atoms with Gasteiger partial charge in [-0.25, -0.2) is 9.37 Å². The summed E-state index contributed by atoms with van der Waals surface area (Å²) in [6, 6.07) is 14.9. The topological polar surface area (TPSA) is 12.9 Å². The van der Waals surface area contributed by atoms with Crippen LogP contribution < -0.4 is 0 Å². The fourth-order valence-electron chi connectivity index (χ4n) is 2.43. The van der Waals surface area contributed by atoms with Gasteiger partial charge in [-0.1, -0.05) is 24.3 Å². The number of fused-ring (bicyclic) bond motifs is 1. The molecule has 1 heterocycles. The first-order valence-electron chi connectivity index (χ1n) is 6.89. The number of nitrogens with zero attached hydrogens (tertiary/aromatic N) is 1. The van der Waals surface area contributed by atoms with Crippen LogP contribution in [-0.2, 0) is 12.8 Å². The molecule has 4 heteroatoms. The highest BCUT2D eigenvalue weighted by molar-refractivity contribution is 7.18. The molecule has 1 nitrogen and oxygen atoms in total. The van der Waals surface area contributed by atoms with Gasteiger partial charge in [0.25, 0.3) is 0 Å². The Kier molecular flexibility index (Phi) is 4.51. The van der Waals surface area contributed by atoms with Crippen molar-refractivity contribution in [3.63, 3.8) is 0 Å². The maximum atomic E-state index is 13.2. The number of alkyl halides is 1. The highest BCUT2D eigenvalue weighted by Gasteiger charge is 2.13. The summed E-state index contributed by atoms with van der Waals surface area (Å²) in [6.07, 6.45) is 1.61. The van der Waals surface area contributed by atoms with Crippen molar-refractivity contribution in [1.29, 1.82) is 0 Å². The third-order valence-electron chi connectivity index (χ3n) is 3.43.